The van der Waals surface area contributed by atoms with Gasteiger partial charge < -0.3 is 18.9 Å². The fourth-order valence-corrected chi connectivity index (χ4v) is 2.94. The molecule has 0 aliphatic rings. The summed E-state index contributed by atoms with van der Waals surface area (Å²) in [5.74, 6) is 0.127. The van der Waals surface area contributed by atoms with Crippen molar-refractivity contribution in [3.05, 3.63) is 29.3 Å². The lowest BCUT2D eigenvalue weighted by Crippen LogP contribution is -2.20. The Morgan fingerprint density at radius 1 is 1.12 bits per heavy atom. The topological polar surface area (TPSA) is 84.0 Å². The number of hydrogen-bond donors (Lipinski definition) is 0. The second-order valence-corrected chi connectivity index (χ2v) is 6.45. The number of esters is 2. The first kappa shape index (κ1) is 19.7. The fraction of sp³-hybridized carbons (Fsp3) is 0.389. The van der Waals surface area contributed by atoms with Crippen LogP contribution in [0, 0.1) is 0 Å². The molecule has 0 spiro atoms. The van der Waals surface area contributed by atoms with Gasteiger partial charge in [0.25, 0.3) is 0 Å². The fourth-order valence-electron chi connectivity index (χ4n) is 2.13. The van der Waals surface area contributed by atoms with Gasteiger partial charge in [-0.25, -0.2) is 9.78 Å². The molecule has 0 saturated heterocycles. The number of ether oxygens (including phenoxy) is 4. The minimum Gasteiger partial charge on any atom is -0.493 e. The predicted octanol–water partition coefficient (Wildman–Crippen LogP) is 2.86. The molecule has 8 heteroatoms. The molecule has 26 heavy (non-hydrogen) atoms. The first-order chi connectivity index (χ1) is 12.4. The third-order valence-corrected chi connectivity index (χ3v) is 4.17. The predicted molar refractivity (Wildman–Crippen MR) is 96.5 cm³/mol. The van der Waals surface area contributed by atoms with Crippen molar-refractivity contribution in [1.82, 2.24) is 4.98 Å². The van der Waals surface area contributed by atoms with Crippen molar-refractivity contribution in [1.29, 1.82) is 0 Å². The van der Waals surface area contributed by atoms with Gasteiger partial charge in [0.1, 0.15) is 5.01 Å². The second-order valence-electron chi connectivity index (χ2n) is 5.59. The van der Waals surface area contributed by atoms with E-state index in [0.717, 1.165) is 10.6 Å². The highest BCUT2D eigenvalue weighted by atomic mass is 32.1. The van der Waals surface area contributed by atoms with Gasteiger partial charge in [0, 0.05) is 10.9 Å². The summed E-state index contributed by atoms with van der Waals surface area (Å²) in [4.78, 5) is 27.6. The summed E-state index contributed by atoms with van der Waals surface area (Å²) in [6, 6.07) is 5.48. The molecule has 1 heterocycles. The number of aromatic nitrogens is 1. The SMILES string of the molecule is COc1ccc(-c2nc(CC(=O)OCC(=O)OC(C)C)cs2)cc1OC. The van der Waals surface area contributed by atoms with Gasteiger partial charge in [0.15, 0.2) is 18.1 Å². The van der Waals surface area contributed by atoms with E-state index in [1.807, 2.05) is 12.1 Å². The van der Waals surface area contributed by atoms with E-state index in [-0.39, 0.29) is 12.5 Å². The van der Waals surface area contributed by atoms with E-state index in [1.165, 1.54) is 11.3 Å². The zero-order valence-corrected chi connectivity index (χ0v) is 15.9. The molecule has 1 aromatic heterocycles. The van der Waals surface area contributed by atoms with Gasteiger partial charge in [-0.1, -0.05) is 0 Å². The van der Waals surface area contributed by atoms with Crippen LogP contribution in [-0.2, 0) is 25.5 Å². The van der Waals surface area contributed by atoms with Crippen molar-refractivity contribution in [2.24, 2.45) is 0 Å². The first-order valence-electron chi connectivity index (χ1n) is 7.94. The average Bonchev–Trinajstić information content (AvgIpc) is 3.07. The van der Waals surface area contributed by atoms with Crippen LogP contribution in [0.5, 0.6) is 11.5 Å². The van der Waals surface area contributed by atoms with Crippen LogP contribution >= 0.6 is 11.3 Å². The Labute approximate surface area is 155 Å². The summed E-state index contributed by atoms with van der Waals surface area (Å²) in [6.45, 7) is 3.05. The summed E-state index contributed by atoms with van der Waals surface area (Å²) < 4.78 is 20.3. The third-order valence-electron chi connectivity index (χ3n) is 3.23. The highest BCUT2D eigenvalue weighted by Crippen LogP contribution is 2.33. The summed E-state index contributed by atoms with van der Waals surface area (Å²) in [6.07, 6.45) is -0.262. The number of benzene rings is 1. The normalized spacial score (nSPS) is 10.5. The molecule has 2 rings (SSSR count). The smallest absolute Gasteiger partial charge is 0.344 e. The van der Waals surface area contributed by atoms with E-state index in [0.29, 0.717) is 17.2 Å². The first-order valence-corrected chi connectivity index (χ1v) is 8.82. The number of carbonyl (C=O) groups is 2. The maximum absolute atomic E-state index is 11.8. The lowest BCUT2D eigenvalue weighted by atomic mass is 10.2. The van der Waals surface area contributed by atoms with Crippen molar-refractivity contribution in [2.45, 2.75) is 26.4 Å². The number of rotatable bonds is 8. The van der Waals surface area contributed by atoms with Gasteiger partial charge in [-0.05, 0) is 32.0 Å². The van der Waals surface area contributed by atoms with E-state index in [9.17, 15) is 9.59 Å². The van der Waals surface area contributed by atoms with E-state index in [1.54, 1.807) is 39.5 Å². The highest BCUT2D eigenvalue weighted by molar-refractivity contribution is 7.13. The molecule has 0 unspecified atom stereocenters. The molecule has 0 aliphatic carbocycles. The maximum atomic E-state index is 11.8. The Morgan fingerprint density at radius 3 is 2.50 bits per heavy atom. The summed E-state index contributed by atoms with van der Waals surface area (Å²) >= 11 is 1.40. The molecule has 2 aromatic rings. The average molecular weight is 379 g/mol. The third kappa shape index (κ3) is 5.45. The van der Waals surface area contributed by atoms with E-state index >= 15 is 0 Å². The standard InChI is InChI=1S/C18H21NO6S/c1-11(2)25-17(21)9-24-16(20)8-13-10-26-18(19-13)12-5-6-14(22-3)15(7-12)23-4/h5-7,10-11H,8-9H2,1-4H3. The Kier molecular flexibility index (Phi) is 6.97. The molecule has 0 N–H and O–H groups in total. The lowest BCUT2D eigenvalue weighted by molar-refractivity contribution is -0.160. The quantitative estimate of drug-likeness (QED) is 0.652. The monoisotopic (exact) mass is 379 g/mol. The minimum absolute atomic E-state index is 0.0151. The Hall–Kier alpha value is -2.61. The molecule has 140 valence electrons. The molecular weight excluding hydrogens is 358 g/mol. The van der Waals surface area contributed by atoms with Crippen LogP contribution < -0.4 is 9.47 Å². The van der Waals surface area contributed by atoms with Crippen molar-refractivity contribution >= 4 is 23.3 Å². The van der Waals surface area contributed by atoms with Gasteiger partial charge in [0.2, 0.25) is 0 Å². The zero-order chi connectivity index (χ0) is 19.1. The van der Waals surface area contributed by atoms with Gasteiger partial charge in [-0.3, -0.25) is 4.79 Å². The summed E-state index contributed by atoms with van der Waals surface area (Å²) in [5.41, 5.74) is 1.43. The lowest BCUT2D eigenvalue weighted by Gasteiger charge is -2.08. The number of methoxy groups -OCH3 is 2. The van der Waals surface area contributed by atoms with Gasteiger partial charge in [-0.2, -0.15) is 0 Å². The zero-order valence-electron chi connectivity index (χ0n) is 15.1. The maximum Gasteiger partial charge on any atom is 0.344 e. The van der Waals surface area contributed by atoms with Crippen LogP contribution in [0.25, 0.3) is 10.6 Å². The largest absolute Gasteiger partial charge is 0.493 e. The van der Waals surface area contributed by atoms with Crippen LogP contribution in [0.15, 0.2) is 23.6 Å². The van der Waals surface area contributed by atoms with Crippen LogP contribution in [0.4, 0.5) is 0 Å². The van der Waals surface area contributed by atoms with Crippen LogP contribution in [0.1, 0.15) is 19.5 Å². The minimum atomic E-state index is -0.572. The molecule has 0 amide bonds. The Balaban J connectivity index is 1.97. The Bertz CT molecular complexity index is 771. The molecule has 7 nitrogen and oxygen atoms in total. The molecule has 0 saturated carbocycles. The van der Waals surface area contributed by atoms with E-state index < -0.39 is 18.5 Å². The van der Waals surface area contributed by atoms with Crippen molar-refractivity contribution in [3.63, 3.8) is 0 Å². The summed E-state index contributed by atoms with van der Waals surface area (Å²) in [5, 5.41) is 2.52. The number of thiazole rings is 1. The Morgan fingerprint density at radius 2 is 1.85 bits per heavy atom. The van der Waals surface area contributed by atoms with E-state index in [4.69, 9.17) is 18.9 Å². The van der Waals surface area contributed by atoms with Crippen LogP contribution in [-0.4, -0.2) is 43.9 Å². The van der Waals surface area contributed by atoms with Gasteiger partial charge in [-0.15, -0.1) is 11.3 Å². The molecule has 0 fully saturated rings. The number of hydrogen-bond acceptors (Lipinski definition) is 8. The van der Waals surface area contributed by atoms with E-state index in [2.05, 4.69) is 4.98 Å². The number of nitrogens with zero attached hydrogens (tertiary/aromatic N) is 1. The van der Waals surface area contributed by atoms with Crippen LogP contribution in [0.3, 0.4) is 0 Å². The molecule has 0 bridgehead atoms. The van der Waals surface area contributed by atoms with Crippen LogP contribution in [0.2, 0.25) is 0 Å². The molecular formula is C18H21NO6S. The van der Waals surface area contributed by atoms with Gasteiger partial charge >= 0.3 is 11.9 Å². The molecule has 0 aliphatic heterocycles. The molecule has 0 atom stereocenters. The second kappa shape index (κ2) is 9.19. The highest BCUT2D eigenvalue weighted by Gasteiger charge is 2.14. The molecule has 0 radical (unpaired) electrons. The molecule has 1 aromatic carbocycles. The van der Waals surface area contributed by atoms with Crippen molar-refractivity contribution in [3.8, 4) is 22.1 Å². The van der Waals surface area contributed by atoms with Crippen molar-refractivity contribution in [2.75, 3.05) is 20.8 Å². The number of carbonyl (C=O) groups excluding carboxylic acids is 2. The van der Waals surface area contributed by atoms with Crippen molar-refractivity contribution < 1.29 is 28.5 Å². The summed E-state index contributed by atoms with van der Waals surface area (Å²) in [7, 11) is 3.14. The van der Waals surface area contributed by atoms with Gasteiger partial charge in [0.05, 0.1) is 32.4 Å².